The van der Waals surface area contributed by atoms with Gasteiger partial charge >= 0.3 is 5.97 Å². The first-order valence-corrected chi connectivity index (χ1v) is 6.59. The van der Waals surface area contributed by atoms with E-state index in [-0.39, 0.29) is 6.10 Å². The van der Waals surface area contributed by atoms with Crippen molar-refractivity contribution in [2.45, 2.75) is 24.1 Å². The molecule has 5 nitrogen and oxygen atoms in total. The number of carbonyl (C=O) groups excluding carboxylic acids is 1. The first-order valence-electron chi connectivity index (χ1n) is 5.37. The number of nitrogens with zero attached hydrogens (tertiary/aromatic N) is 2. The zero-order valence-corrected chi connectivity index (χ0v) is 10.6. The number of carbonyl (C=O) groups is 1. The van der Waals surface area contributed by atoms with Crippen molar-refractivity contribution in [3.05, 3.63) is 17.5 Å². The SMILES string of the molecule is COC(=O)c1cnc(SC)nc1C1CCCO1. The smallest absolute Gasteiger partial charge is 0.341 e. The highest BCUT2D eigenvalue weighted by Gasteiger charge is 2.26. The summed E-state index contributed by atoms with van der Waals surface area (Å²) < 4.78 is 10.3. The fourth-order valence-corrected chi connectivity index (χ4v) is 2.13. The standard InChI is InChI=1S/C11H14N2O3S/c1-15-10(14)7-6-12-11(17-2)13-9(7)8-4-3-5-16-8/h6,8H,3-5H2,1-2H3. The van der Waals surface area contributed by atoms with Crippen LogP contribution in [0.1, 0.15) is 35.0 Å². The topological polar surface area (TPSA) is 61.3 Å². The summed E-state index contributed by atoms with van der Waals surface area (Å²) in [5.74, 6) is -0.414. The number of ether oxygens (including phenoxy) is 2. The Balaban J connectivity index is 2.39. The maximum Gasteiger partial charge on any atom is 0.341 e. The van der Waals surface area contributed by atoms with Crippen LogP contribution in [0.2, 0.25) is 0 Å². The highest BCUT2D eigenvalue weighted by Crippen LogP contribution is 2.30. The summed E-state index contributed by atoms with van der Waals surface area (Å²) >= 11 is 1.44. The second-order valence-corrected chi connectivity index (χ2v) is 4.42. The van der Waals surface area contributed by atoms with E-state index < -0.39 is 5.97 Å². The molecule has 0 N–H and O–H groups in total. The molecule has 92 valence electrons. The van der Waals surface area contributed by atoms with Gasteiger partial charge < -0.3 is 9.47 Å². The van der Waals surface area contributed by atoms with E-state index in [9.17, 15) is 4.79 Å². The fraction of sp³-hybridized carbons (Fsp3) is 0.545. The second-order valence-electron chi connectivity index (χ2n) is 3.65. The molecule has 6 heteroatoms. The van der Waals surface area contributed by atoms with Crippen molar-refractivity contribution in [1.29, 1.82) is 0 Å². The Hall–Kier alpha value is -1.14. The lowest BCUT2D eigenvalue weighted by molar-refractivity contribution is 0.0583. The Morgan fingerprint density at radius 1 is 1.65 bits per heavy atom. The Labute approximate surface area is 104 Å². The molecular weight excluding hydrogens is 240 g/mol. The van der Waals surface area contributed by atoms with Crippen molar-refractivity contribution < 1.29 is 14.3 Å². The van der Waals surface area contributed by atoms with Crippen LogP contribution in [-0.4, -0.2) is 35.9 Å². The zero-order valence-electron chi connectivity index (χ0n) is 9.80. The maximum absolute atomic E-state index is 11.6. The Morgan fingerprint density at radius 2 is 2.47 bits per heavy atom. The zero-order chi connectivity index (χ0) is 12.3. The third-order valence-corrected chi connectivity index (χ3v) is 3.18. The van der Waals surface area contributed by atoms with Crippen molar-refractivity contribution in [2.75, 3.05) is 20.0 Å². The summed E-state index contributed by atoms with van der Waals surface area (Å²) in [4.78, 5) is 20.1. The number of methoxy groups -OCH3 is 1. The van der Waals surface area contributed by atoms with E-state index in [4.69, 9.17) is 9.47 Å². The molecule has 1 aromatic rings. The molecule has 1 aromatic heterocycles. The van der Waals surface area contributed by atoms with Crippen LogP contribution in [0.3, 0.4) is 0 Å². The minimum atomic E-state index is -0.414. The molecule has 0 saturated carbocycles. The highest BCUT2D eigenvalue weighted by molar-refractivity contribution is 7.98. The van der Waals surface area contributed by atoms with Gasteiger partial charge in [-0.25, -0.2) is 14.8 Å². The Bertz CT molecular complexity index is 419. The van der Waals surface area contributed by atoms with E-state index >= 15 is 0 Å². The first-order chi connectivity index (χ1) is 8.26. The van der Waals surface area contributed by atoms with E-state index in [2.05, 4.69) is 9.97 Å². The van der Waals surface area contributed by atoms with Crippen LogP contribution in [0.15, 0.2) is 11.4 Å². The number of rotatable bonds is 3. The molecule has 2 rings (SSSR count). The molecule has 2 heterocycles. The molecule has 1 unspecified atom stereocenters. The van der Waals surface area contributed by atoms with Gasteiger partial charge in [-0.2, -0.15) is 0 Å². The summed E-state index contributed by atoms with van der Waals surface area (Å²) in [5, 5.41) is 0.642. The molecule has 1 saturated heterocycles. The summed E-state index contributed by atoms with van der Waals surface area (Å²) in [6.45, 7) is 0.712. The van der Waals surface area contributed by atoms with Gasteiger partial charge in [-0.15, -0.1) is 0 Å². The minimum Gasteiger partial charge on any atom is -0.465 e. The van der Waals surface area contributed by atoms with Crippen LogP contribution < -0.4 is 0 Å². The molecule has 1 fully saturated rings. The quantitative estimate of drug-likeness (QED) is 0.466. The van der Waals surface area contributed by atoms with E-state index in [0.717, 1.165) is 12.8 Å². The van der Waals surface area contributed by atoms with Crippen molar-refractivity contribution in [2.24, 2.45) is 0 Å². The number of hydrogen-bond donors (Lipinski definition) is 0. The number of thioether (sulfide) groups is 1. The number of hydrogen-bond acceptors (Lipinski definition) is 6. The van der Waals surface area contributed by atoms with Crippen LogP contribution in [0.5, 0.6) is 0 Å². The largest absolute Gasteiger partial charge is 0.465 e. The summed E-state index contributed by atoms with van der Waals surface area (Å²) in [7, 11) is 1.35. The molecule has 0 spiro atoms. The van der Waals surface area contributed by atoms with E-state index in [1.165, 1.54) is 25.1 Å². The lowest BCUT2D eigenvalue weighted by atomic mass is 10.1. The summed E-state index contributed by atoms with van der Waals surface area (Å²) in [6.07, 6.45) is 5.17. The van der Waals surface area contributed by atoms with Crippen LogP contribution in [0.25, 0.3) is 0 Å². The van der Waals surface area contributed by atoms with Crippen LogP contribution in [0.4, 0.5) is 0 Å². The van der Waals surface area contributed by atoms with E-state index in [1.54, 1.807) is 0 Å². The molecule has 1 aliphatic heterocycles. The molecule has 0 aromatic carbocycles. The third-order valence-electron chi connectivity index (χ3n) is 2.62. The lowest BCUT2D eigenvalue weighted by Crippen LogP contribution is -2.12. The average Bonchev–Trinajstić information content (AvgIpc) is 2.91. The van der Waals surface area contributed by atoms with Crippen molar-refractivity contribution in [3.8, 4) is 0 Å². The molecule has 1 atom stereocenters. The lowest BCUT2D eigenvalue weighted by Gasteiger charge is -2.13. The number of aromatic nitrogens is 2. The van der Waals surface area contributed by atoms with Crippen molar-refractivity contribution >= 4 is 17.7 Å². The van der Waals surface area contributed by atoms with Gasteiger partial charge in [-0.05, 0) is 19.1 Å². The molecule has 1 aliphatic rings. The minimum absolute atomic E-state index is 0.113. The van der Waals surface area contributed by atoms with Crippen LogP contribution >= 0.6 is 11.8 Å². The van der Waals surface area contributed by atoms with Gasteiger partial charge in [-0.3, -0.25) is 0 Å². The van der Waals surface area contributed by atoms with Gasteiger partial charge in [0.05, 0.1) is 12.8 Å². The Morgan fingerprint density at radius 3 is 3.06 bits per heavy atom. The van der Waals surface area contributed by atoms with Gasteiger partial charge in [0.2, 0.25) is 0 Å². The van der Waals surface area contributed by atoms with Crippen molar-refractivity contribution in [1.82, 2.24) is 9.97 Å². The highest BCUT2D eigenvalue weighted by atomic mass is 32.2. The van der Waals surface area contributed by atoms with Crippen molar-refractivity contribution in [3.63, 3.8) is 0 Å². The van der Waals surface area contributed by atoms with Crippen LogP contribution in [-0.2, 0) is 9.47 Å². The summed E-state index contributed by atoms with van der Waals surface area (Å²) in [6, 6.07) is 0. The van der Waals surface area contributed by atoms with Gasteiger partial charge in [0.1, 0.15) is 11.7 Å². The molecular formula is C11H14N2O3S. The maximum atomic E-state index is 11.6. The molecule has 0 amide bonds. The fourth-order valence-electron chi connectivity index (χ4n) is 1.78. The third kappa shape index (κ3) is 2.58. The summed E-state index contributed by atoms with van der Waals surface area (Å²) in [5.41, 5.74) is 1.05. The first kappa shape index (κ1) is 12.3. The van der Waals surface area contributed by atoms with E-state index in [1.807, 2.05) is 6.26 Å². The van der Waals surface area contributed by atoms with Crippen LogP contribution in [0, 0.1) is 0 Å². The van der Waals surface area contributed by atoms with Gasteiger partial charge in [0.15, 0.2) is 5.16 Å². The normalized spacial score (nSPS) is 19.3. The molecule has 0 radical (unpaired) electrons. The molecule has 0 bridgehead atoms. The monoisotopic (exact) mass is 254 g/mol. The molecule has 17 heavy (non-hydrogen) atoms. The Kier molecular flexibility index (Phi) is 3.96. The van der Waals surface area contributed by atoms with Gasteiger partial charge in [-0.1, -0.05) is 11.8 Å². The number of esters is 1. The van der Waals surface area contributed by atoms with Gasteiger partial charge in [0.25, 0.3) is 0 Å². The predicted octanol–water partition coefficient (Wildman–Crippen LogP) is 1.84. The van der Waals surface area contributed by atoms with E-state index in [0.29, 0.717) is 23.0 Å². The van der Waals surface area contributed by atoms with Gasteiger partial charge in [0, 0.05) is 12.8 Å². The molecule has 0 aliphatic carbocycles. The second kappa shape index (κ2) is 5.46. The predicted molar refractivity (Wildman–Crippen MR) is 63.1 cm³/mol. The average molecular weight is 254 g/mol.